The monoisotopic (exact) mass is 378 g/mol. The summed E-state index contributed by atoms with van der Waals surface area (Å²) in [4.78, 5) is 34.9. The van der Waals surface area contributed by atoms with E-state index in [1.807, 2.05) is 20.8 Å². The third-order valence-electron chi connectivity index (χ3n) is 4.52. The molecule has 7 nitrogen and oxygen atoms in total. The highest BCUT2D eigenvalue weighted by atomic mass is 35.5. The quantitative estimate of drug-likeness (QED) is 0.398. The van der Waals surface area contributed by atoms with Crippen LogP contribution in [0.2, 0.25) is 0 Å². The Labute approximate surface area is 153 Å². The fourth-order valence-corrected chi connectivity index (χ4v) is 3.58. The van der Waals surface area contributed by atoms with Crippen LogP contribution in [0.25, 0.3) is 0 Å². The van der Waals surface area contributed by atoms with Crippen molar-refractivity contribution < 1.29 is 33.3 Å². The molecule has 25 heavy (non-hydrogen) atoms. The summed E-state index contributed by atoms with van der Waals surface area (Å²) in [5.41, 5.74) is 0. The second-order valence-electron chi connectivity index (χ2n) is 6.43. The van der Waals surface area contributed by atoms with Crippen LogP contribution in [0.1, 0.15) is 47.5 Å². The lowest BCUT2D eigenvalue weighted by Gasteiger charge is -2.45. The molecule has 0 bridgehead atoms. The van der Waals surface area contributed by atoms with Gasteiger partial charge in [0.25, 0.3) is 0 Å². The average Bonchev–Trinajstić information content (AvgIpc) is 2.53. The van der Waals surface area contributed by atoms with Crippen molar-refractivity contribution >= 4 is 29.5 Å². The fourth-order valence-electron chi connectivity index (χ4n) is 3.25. The van der Waals surface area contributed by atoms with E-state index in [9.17, 15) is 14.4 Å². The normalized spacial score (nSPS) is 31.6. The van der Waals surface area contributed by atoms with E-state index in [1.54, 1.807) is 0 Å². The van der Waals surface area contributed by atoms with Crippen LogP contribution >= 0.6 is 11.6 Å². The number of hydrogen-bond donors (Lipinski definition) is 0. The van der Waals surface area contributed by atoms with Crippen molar-refractivity contribution in [1.29, 1.82) is 0 Å². The molecule has 0 aromatic carbocycles. The maximum Gasteiger partial charge on any atom is 0.354 e. The summed E-state index contributed by atoms with van der Waals surface area (Å²) in [6.45, 7) is 8.21. The molecule has 144 valence electrons. The summed E-state index contributed by atoms with van der Waals surface area (Å²) in [6, 6.07) is 0. The highest BCUT2D eigenvalue weighted by Gasteiger charge is 2.53. The van der Waals surface area contributed by atoms with E-state index < -0.39 is 41.3 Å². The molecular formula is C17H27ClO7. The van der Waals surface area contributed by atoms with E-state index in [2.05, 4.69) is 0 Å². The van der Waals surface area contributed by atoms with Crippen molar-refractivity contribution in [1.82, 2.24) is 0 Å². The van der Waals surface area contributed by atoms with Gasteiger partial charge in [0.1, 0.15) is 12.2 Å². The molecule has 4 unspecified atom stereocenters. The van der Waals surface area contributed by atoms with E-state index in [0.717, 1.165) is 0 Å². The Morgan fingerprint density at radius 2 is 1.88 bits per heavy atom. The number of rotatable bonds is 6. The zero-order chi connectivity index (χ0) is 19.4. The summed E-state index contributed by atoms with van der Waals surface area (Å²) >= 11 is 6.37. The maximum atomic E-state index is 12.1. The van der Waals surface area contributed by atoms with E-state index in [0.29, 0.717) is 6.42 Å². The topological polar surface area (TPSA) is 88.1 Å². The van der Waals surface area contributed by atoms with Crippen LogP contribution in [0.5, 0.6) is 0 Å². The van der Waals surface area contributed by atoms with Gasteiger partial charge in [0.15, 0.2) is 0 Å². The molecule has 6 atom stereocenters. The van der Waals surface area contributed by atoms with Crippen LogP contribution in [0.4, 0.5) is 0 Å². The zero-order valence-corrected chi connectivity index (χ0v) is 16.3. The van der Waals surface area contributed by atoms with Crippen molar-refractivity contribution in [3.05, 3.63) is 0 Å². The Hall–Kier alpha value is -1.34. The van der Waals surface area contributed by atoms with Crippen molar-refractivity contribution in [2.45, 2.75) is 70.8 Å². The average molecular weight is 379 g/mol. The first-order chi connectivity index (χ1) is 11.6. The highest BCUT2D eigenvalue weighted by Crippen LogP contribution is 2.42. The smallest absolute Gasteiger partial charge is 0.354 e. The number of ether oxygens (including phenoxy) is 4. The molecular weight excluding hydrogens is 352 g/mol. The minimum Gasteiger partial charge on any atom is -0.466 e. The molecule has 0 aromatic rings. The number of esters is 3. The SMILES string of the molecule is CC[C@@H](OC(C)=O)[C@@H](C)C1OC(Cl)(C(=O)OC)CC(OC(C)=O)C1C. The number of halogens is 1. The van der Waals surface area contributed by atoms with E-state index in [-0.39, 0.29) is 18.3 Å². The molecule has 0 aromatic heterocycles. The van der Waals surface area contributed by atoms with Crippen LogP contribution < -0.4 is 0 Å². The number of carbonyl (C=O) groups is 3. The van der Waals surface area contributed by atoms with Crippen LogP contribution in [-0.4, -0.2) is 48.4 Å². The van der Waals surface area contributed by atoms with Crippen LogP contribution in [0.15, 0.2) is 0 Å². The summed E-state index contributed by atoms with van der Waals surface area (Å²) in [5.74, 6) is -2.15. The van der Waals surface area contributed by atoms with Gasteiger partial charge >= 0.3 is 17.9 Å². The van der Waals surface area contributed by atoms with Gasteiger partial charge in [0.05, 0.1) is 13.2 Å². The van der Waals surface area contributed by atoms with Crippen molar-refractivity contribution in [2.75, 3.05) is 7.11 Å². The van der Waals surface area contributed by atoms with E-state index in [1.165, 1.54) is 21.0 Å². The molecule has 0 radical (unpaired) electrons. The standard InChI is InChI=1S/C17H27ClO7/c1-7-13(23-11(4)19)9(2)15-10(3)14(24-12(5)20)8-17(18,25-15)16(21)22-6/h9-10,13-15H,7-8H2,1-6H3/t9-,10?,13-,14?,15?,17?/m1/s1. The summed E-state index contributed by atoms with van der Waals surface area (Å²) in [6.07, 6.45) is -1.06. The molecule has 0 saturated carbocycles. The van der Waals surface area contributed by atoms with Crippen LogP contribution in [-0.2, 0) is 33.3 Å². The number of carbonyl (C=O) groups excluding carboxylic acids is 3. The lowest BCUT2D eigenvalue weighted by atomic mass is 9.81. The lowest BCUT2D eigenvalue weighted by Crippen LogP contribution is -2.56. The molecule has 1 heterocycles. The third kappa shape index (κ3) is 5.31. The van der Waals surface area contributed by atoms with Gasteiger partial charge in [-0.05, 0) is 6.42 Å². The summed E-state index contributed by atoms with van der Waals surface area (Å²) in [7, 11) is 1.21. The summed E-state index contributed by atoms with van der Waals surface area (Å²) in [5, 5.41) is -1.76. The minimum absolute atomic E-state index is 0.0183. The fraction of sp³-hybridized carbons (Fsp3) is 0.824. The molecule has 0 amide bonds. The van der Waals surface area contributed by atoms with Crippen LogP contribution in [0, 0.1) is 11.8 Å². The lowest BCUT2D eigenvalue weighted by molar-refractivity contribution is -0.211. The van der Waals surface area contributed by atoms with Crippen molar-refractivity contribution in [2.24, 2.45) is 11.8 Å². The Bertz CT molecular complexity index is 509. The first kappa shape index (κ1) is 21.7. The molecule has 1 fully saturated rings. The number of hydrogen-bond acceptors (Lipinski definition) is 7. The van der Waals surface area contributed by atoms with Gasteiger partial charge in [-0.25, -0.2) is 4.79 Å². The Balaban J connectivity index is 3.13. The van der Waals surface area contributed by atoms with Gasteiger partial charge in [0, 0.05) is 32.1 Å². The van der Waals surface area contributed by atoms with E-state index >= 15 is 0 Å². The van der Waals surface area contributed by atoms with Gasteiger partial charge < -0.3 is 18.9 Å². The molecule has 8 heteroatoms. The zero-order valence-electron chi connectivity index (χ0n) is 15.5. The van der Waals surface area contributed by atoms with E-state index in [4.69, 9.17) is 30.5 Å². The molecule has 0 N–H and O–H groups in total. The van der Waals surface area contributed by atoms with Gasteiger partial charge in [0.2, 0.25) is 5.06 Å². The number of methoxy groups -OCH3 is 1. The minimum atomic E-state index is -1.76. The summed E-state index contributed by atoms with van der Waals surface area (Å²) < 4.78 is 21.3. The van der Waals surface area contributed by atoms with Gasteiger partial charge in [-0.3, -0.25) is 9.59 Å². The van der Waals surface area contributed by atoms with Crippen LogP contribution in [0.3, 0.4) is 0 Å². The molecule has 1 aliphatic heterocycles. The first-order valence-electron chi connectivity index (χ1n) is 8.35. The largest absolute Gasteiger partial charge is 0.466 e. The van der Waals surface area contributed by atoms with Gasteiger partial charge in [-0.15, -0.1) is 0 Å². The maximum absolute atomic E-state index is 12.1. The predicted molar refractivity (Wildman–Crippen MR) is 89.8 cm³/mol. The second-order valence-corrected chi connectivity index (χ2v) is 7.04. The Kier molecular flexibility index (Phi) is 7.68. The second kappa shape index (κ2) is 8.85. The Morgan fingerprint density at radius 1 is 1.28 bits per heavy atom. The number of alkyl halides is 1. The molecule has 1 rings (SSSR count). The Morgan fingerprint density at radius 3 is 2.32 bits per heavy atom. The van der Waals surface area contributed by atoms with Gasteiger partial charge in [-0.1, -0.05) is 32.4 Å². The molecule has 1 saturated heterocycles. The predicted octanol–water partition coefficient (Wildman–Crippen LogP) is 2.43. The van der Waals surface area contributed by atoms with Crippen molar-refractivity contribution in [3.8, 4) is 0 Å². The van der Waals surface area contributed by atoms with Crippen molar-refractivity contribution in [3.63, 3.8) is 0 Å². The first-order valence-corrected chi connectivity index (χ1v) is 8.73. The molecule has 0 spiro atoms. The highest BCUT2D eigenvalue weighted by molar-refractivity contribution is 6.32. The molecule has 0 aliphatic carbocycles. The molecule has 1 aliphatic rings. The third-order valence-corrected chi connectivity index (χ3v) is 4.92. The van der Waals surface area contributed by atoms with Gasteiger partial charge in [-0.2, -0.15) is 0 Å².